The van der Waals surface area contributed by atoms with Gasteiger partial charge in [0.15, 0.2) is 0 Å². The van der Waals surface area contributed by atoms with Crippen LogP contribution >= 0.6 is 27.5 Å². The van der Waals surface area contributed by atoms with Gasteiger partial charge in [0.05, 0.1) is 5.02 Å². The van der Waals surface area contributed by atoms with Crippen molar-refractivity contribution in [3.63, 3.8) is 0 Å². The molecule has 6 heteroatoms. The molecule has 0 unspecified atom stereocenters. The average Bonchev–Trinajstić information content (AvgIpc) is 2.92. The maximum atomic E-state index is 12.1. The number of hydrogen-bond donors (Lipinski definition) is 2. The number of amidine groups is 1. The molecule has 3 rings (SSSR count). The number of aryl methyl sites for hydroxylation is 1. The quantitative estimate of drug-likeness (QED) is 0.711. The highest BCUT2D eigenvalue weighted by molar-refractivity contribution is 9.10. The molecule has 0 fully saturated rings. The van der Waals surface area contributed by atoms with Gasteiger partial charge in [0, 0.05) is 4.47 Å². The van der Waals surface area contributed by atoms with Crippen LogP contribution in [0.5, 0.6) is 5.75 Å². The Kier molecular flexibility index (Phi) is 5.06. The molecule has 0 atom stereocenters. The first-order valence-corrected chi connectivity index (χ1v) is 8.64. The molecule has 0 saturated carbocycles. The molecular formula is C19H14BrClN2O2. The van der Waals surface area contributed by atoms with Gasteiger partial charge >= 0.3 is 0 Å². The van der Waals surface area contributed by atoms with Crippen molar-refractivity contribution in [2.24, 2.45) is 4.99 Å². The number of rotatable bonds is 3. The standard InChI is InChI=1S/C19H14BrClN2O2/c1-11-8-13(9-15(21)18(11)24)10-16-19(25)23-17(22-16)7-4-12-2-5-14(20)6-3-12/h2-10,24H,1H3,(H,22,23,25)/b7-4+,16-10-. The lowest BCUT2D eigenvalue weighted by Gasteiger charge is -2.03. The Hall–Kier alpha value is -2.37. The van der Waals surface area contributed by atoms with E-state index in [1.165, 1.54) is 0 Å². The Labute approximate surface area is 158 Å². The van der Waals surface area contributed by atoms with E-state index in [9.17, 15) is 9.90 Å². The van der Waals surface area contributed by atoms with Crippen LogP contribution in [-0.4, -0.2) is 16.8 Å². The second-order valence-corrected chi connectivity index (χ2v) is 6.86. The van der Waals surface area contributed by atoms with Gasteiger partial charge < -0.3 is 10.4 Å². The molecule has 1 heterocycles. The van der Waals surface area contributed by atoms with Crippen LogP contribution in [0.3, 0.4) is 0 Å². The average molecular weight is 418 g/mol. The number of nitrogens with zero attached hydrogens (tertiary/aromatic N) is 1. The summed E-state index contributed by atoms with van der Waals surface area (Å²) >= 11 is 9.36. The van der Waals surface area contributed by atoms with Crippen LogP contribution in [0, 0.1) is 6.92 Å². The normalized spacial score (nSPS) is 15.7. The Bertz CT molecular complexity index is 908. The molecule has 0 aromatic heterocycles. The highest BCUT2D eigenvalue weighted by Crippen LogP contribution is 2.29. The summed E-state index contributed by atoms with van der Waals surface area (Å²) in [7, 11) is 0. The van der Waals surface area contributed by atoms with Gasteiger partial charge in [-0.2, -0.15) is 0 Å². The van der Waals surface area contributed by atoms with Gasteiger partial charge in [-0.25, -0.2) is 4.99 Å². The molecule has 25 heavy (non-hydrogen) atoms. The summed E-state index contributed by atoms with van der Waals surface area (Å²) in [5.74, 6) is 0.236. The van der Waals surface area contributed by atoms with E-state index in [0.29, 0.717) is 17.0 Å². The molecule has 1 aliphatic heterocycles. The smallest absolute Gasteiger partial charge is 0.275 e. The molecule has 0 bridgehead atoms. The van der Waals surface area contributed by atoms with Crippen molar-refractivity contribution in [3.8, 4) is 5.75 Å². The fourth-order valence-electron chi connectivity index (χ4n) is 2.32. The van der Waals surface area contributed by atoms with E-state index in [2.05, 4.69) is 26.2 Å². The van der Waals surface area contributed by atoms with Gasteiger partial charge in [-0.15, -0.1) is 0 Å². The van der Waals surface area contributed by atoms with Crippen LogP contribution in [0.25, 0.3) is 12.2 Å². The minimum absolute atomic E-state index is 0.0429. The van der Waals surface area contributed by atoms with E-state index >= 15 is 0 Å². The van der Waals surface area contributed by atoms with Crippen LogP contribution in [0.2, 0.25) is 5.02 Å². The van der Waals surface area contributed by atoms with Crippen molar-refractivity contribution >= 4 is 51.4 Å². The van der Waals surface area contributed by atoms with Crippen LogP contribution < -0.4 is 5.32 Å². The van der Waals surface area contributed by atoms with Crippen molar-refractivity contribution in [3.05, 3.63) is 74.4 Å². The van der Waals surface area contributed by atoms with E-state index in [4.69, 9.17) is 11.6 Å². The van der Waals surface area contributed by atoms with E-state index < -0.39 is 0 Å². The topological polar surface area (TPSA) is 61.7 Å². The fourth-order valence-corrected chi connectivity index (χ4v) is 2.86. The zero-order valence-corrected chi connectivity index (χ0v) is 15.6. The van der Waals surface area contributed by atoms with Crippen LogP contribution in [-0.2, 0) is 4.79 Å². The molecule has 0 radical (unpaired) electrons. The molecule has 0 spiro atoms. The molecule has 2 aromatic carbocycles. The number of amides is 1. The van der Waals surface area contributed by atoms with Crippen molar-refractivity contribution in [2.45, 2.75) is 6.92 Å². The minimum atomic E-state index is -0.280. The number of aliphatic imine (C=N–C) groups is 1. The SMILES string of the molecule is Cc1cc(/C=C2N=C(/C=C/c3ccc(Br)cc3)NC\2=O)cc(Cl)c1O. The van der Waals surface area contributed by atoms with Crippen molar-refractivity contribution in [2.75, 3.05) is 0 Å². The predicted molar refractivity (Wildman–Crippen MR) is 105 cm³/mol. The van der Waals surface area contributed by atoms with Crippen molar-refractivity contribution < 1.29 is 9.90 Å². The maximum Gasteiger partial charge on any atom is 0.275 e. The largest absolute Gasteiger partial charge is 0.506 e. The molecule has 2 aromatic rings. The summed E-state index contributed by atoms with van der Waals surface area (Å²) in [6.45, 7) is 1.74. The highest BCUT2D eigenvalue weighted by atomic mass is 79.9. The van der Waals surface area contributed by atoms with Gasteiger partial charge in [0.25, 0.3) is 5.91 Å². The van der Waals surface area contributed by atoms with Crippen LogP contribution in [0.1, 0.15) is 16.7 Å². The molecule has 0 aliphatic carbocycles. The summed E-state index contributed by atoms with van der Waals surface area (Å²) < 4.78 is 1.00. The lowest BCUT2D eigenvalue weighted by molar-refractivity contribution is -0.115. The first-order valence-electron chi connectivity index (χ1n) is 7.47. The zero-order chi connectivity index (χ0) is 18.0. The summed E-state index contributed by atoms with van der Waals surface area (Å²) in [6.07, 6.45) is 5.25. The van der Waals surface area contributed by atoms with Crippen LogP contribution in [0.15, 0.2) is 57.6 Å². The van der Waals surface area contributed by atoms with Gasteiger partial charge in [-0.1, -0.05) is 45.7 Å². The number of carbonyl (C=O) groups excluding carboxylic acids is 1. The monoisotopic (exact) mass is 416 g/mol. The number of aromatic hydroxyl groups is 1. The van der Waals surface area contributed by atoms with Crippen molar-refractivity contribution in [1.29, 1.82) is 0 Å². The number of phenolic OH excluding ortho intramolecular Hbond substituents is 1. The minimum Gasteiger partial charge on any atom is -0.506 e. The molecule has 4 nitrogen and oxygen atoms in total. The van der Waals surface area contributed by atoms with Gasteiger partial charge in [0.1, 0.15) is 17.3 Å². The Balaban J connectivity index is 1.83. The number of halogens is 2. The maximum absolute atomic E-state index is 12.1. The number of carbonyl (C=O) groups is 1. The lowest BCUT2D eigenvalue weighted by Crippen LogP contribution is -2.22. The third-order valence-corrected chi connectivity index (χ3v) is 4.42. The van der Waals surface area contributed by atoms with Gasteiger partial charge in [-0.3, -0.25) is 4.79 Å². The molecule has 126 valence electrons. The zero-order valence-electron chi connectivity index (χ0n) is 13.3. The van der Waals surface area contributed by atoms with Gasteiger partial charge in [0.2, 0.25) is 0 Å². The number of hydrogen-bond acceptors (Lipinski definition) is 3. The molecule has 0 saturated heterocycles. The molecular weight excluding hydrogens is 404 g/mol. The Morgan fingerprint density at radius 1 is 1.16 bits per heavy atom. The summed E-state index contributed by atoms with van der Waals surface area (Å²) in [5, 5.41) is 12.7. The molecule has 2 N–H and O–H groups in total. The Morgan fingerprint density at radius 2 is 1.88 bits per heavy atom. The number of phenols is 1. The Morgan fingerprint density at radius 3 is 2.56 bits per heavy atom. The predicted octanol–water partition coefficient (Wildman–Crippen LogP) is 4.70. The third-order valence-electron chi connectivity index (χ3n) is 3.60. The van der Waals surface area contributed by atoms with E-state index in [0.717, 1.165) is 10.0 Å². The third kappa shape index (κ3) is 4.18. The van der Waals surface area contributed by atoms with E-state index in [1.807, 2.05) is 30.3 Å². The second-order valence-electron chi connectivity index (χ2n) is 5.53. The van der Waals surface area contributed by atoms with Crippen LogP contribution in [0.4, 0.5) is 0 Å². The van der Waals surface area contributed by atoms with E-state index in [1.54, 1.807) is 31.2 Å². The van der Waals surface area contributed by atoms with Gasteiger partial charge in [-0.05, 0) is 60.0 Å². The lowest BCUT2D eigenvalue weighted by atomic mass is 10.1. The van der Waals surface area contributed by atoms with Crippen molar-refractivity contribution in [1.82, 2.24) is 5.32 Å². The second kappa shape index (κ2) is 7.25. The number of nitrogens with one attached hydrogen (secondary N) is 1. The molecule has 1 amide bonds. The summed E-state index contributed by atoms with van der Waals surface area (Å²) in [6, 6.07) is 11.1. The first kappa shape index (κ1) is 17.5. The molecule has 1 aliphatic rings. The fraction of sp³-hybridized carbons (Fsp3) is 0.0526. The van der Waals surface area contributed by atoms with E-state index in [-0.39, 0.29) is 22.4 Å². The summed E-state index contributed by atoms with van der Waals surface area (Å²) in [5.41, 5.74) is 2.62. The number of benzene rings is 2. The first-order chi connectivity index (χ1) is 11.9. The summed E-state index contributed by atoms with van der Waals surface area (Å²) in [4.78, 5) is 16.4. The highest BCUT2D eigenvalue weighted by Gasteiger charge is 2.18.